The minimum absolute atomic E-state index is 0.0102. The number of unbranched alkanes of at least 4 members (excludes halogenated alkanes) is 12. The quantitative estimate of drug-likeness (QED) is 0.0250. The predicted octanol–water partition coefficient (Wildman–Crippen LogP) is 13.2. The summed E-state index contributed by atoms with van der Waals surface area (Å²) in [5.41, 5.74) is -0.905. The number of amides is 2. The lowest BCUT2D eigenvalue weighted by molar-refractivity contribution is 0.0692. The number of aromatic carboxylic acids is 2. The number of benzene rings is 5. The van der Waals surface area contributed by atoms with Crippen LogP contribution in [0.15, 0.2) is 48.5 Å². The van der Waals surface area contributed by atoms with Gasteiger partial charge in [0.25, 0.3) is 11.8 Å². The van der Waals surface area contributed by atoms with Gasteiger partial charge in [0, 0.05) is 22.9 Å². The van der Waals surface area contributed by atoms with E-state index in [9.17, 15) is 19.8 Å². The van der Waals surface area contributed by atoms with Crippen molar-refractivity contribution in [1.82, 2.24) is 10.6 Å². The van der Waals surface area contributed by atoms with Crippen molar-refractivity contribution in [1.29, 1.82) is 0 Å². The Hall–Kier alpha value is -4.72. The van der Waals surface area contributed by atoms with Gasteiger partial charge in [-0.15, -0.1) is 0 Å². The zero-order chi connectivity index (χ0) is 41.6. The summed E-state index contributed by atoms with van der Waals surface area (Å²) < 4.78 is 0. The molecule has 5 rings (SSSR count). The van der Waals surface area contributed by atoms with Crippen LogP contribution in [-0.4, -0.2) is 46.0 Å². The van der Waals surface area contributed by atoms with E-state index in [1.165, 1.54) is 6.07 Å². The summed E-state index contributed by atoms with van der Waals surface area (Å²) in [4.78, 5) is 57.2. The molecule has 0 aliphatic rings. The van der Waals surface area contributed by atoms with Crippen LogP contribution in [-0.2, 0) is 0 Å². The van der Waals surface area contributed by atoms with Gasteiger partial charge in [0.15, 0.2) is 0 Å². The maximum atomic E-state index is 15.3. The second-order valence-electron chi connectivity index (χ2n) is 16.5. The molecule has 0 aromatic heterocycles. The molecule has 8 heteroatoms. The molecular formula is C50H66N2O6. The summed E-state index contributed by atoms with van der Waals surface area (Å²) in [6, 6.07) is 14.5. The van der Waals surface area contributed by atoms with Gasteiger partial charge >= 0.3 is 11.9 Å². The van der Waals surface area contributed by atoms with E-state index in [2.05, 4.69) is 38.3 Å². The SMILES string of the molecule is CCCCCCC(CCCCCC)NC(=O)c1c(C(=O)O)c2c(C(=O)O)ccc3c4cccc5cccc(c(c1C(=O)NC(CCCCCC)CCCCCC)c23)c54. The van der Waals surface area contributed by atoms with Crippen molar-refractivity contribution in [2.45, 2.75) is 168 Å². The fourth-order valence-electron chi connectivity index (χ4n) is 9.10. The summed E-state index contributed by atoms with van der Waals surface area (Å²) in [7, 11) is 0. The zero-order valence-electron chi connectivity index (χ0n) is 35.4. The fraction of sp³-hybridized carbons (Fsp3) is 0.520. The number of nitrogens with one attached hydrogen (secondary N) is 2. The van der Waals surface area contributed by atoms with Crippen molar-refractivity contribution in [2.24, 2.45) is 0 Å². The predicted molar refractivity (Wildman–Crippen MR) is 239 cm³/mol. The number of carbonyl (C=O) groups is 4. The van der Waals surface area contributed by atoms with E-state index >= 15 is 9.59 Å². The topological polar surface area (TPSA) is 133 Å². The van der Waals surface area contributed by atoms with Crippen LogP contribution in [0.2, 0.25) is 0 Å². The van der Waals surface area contributed by atoms with Gasteiger partial charge in [0.1, 0.15) is 0 Å². The monoisotopic (exact) mass is 790 g/mol. The molecule has 5 aromatic carbocycles. The minimum atomic E-state index is -1.44. The first-order valence-corrected chi connectivity index (χ1v) is 22.5. The van der Waals surface area contributed by atoms with Gasteiger partial charge in [-0.3, -0.25) is 9.59 Å². The molecule has 0 atom stereocenters. The summed E-state index contributed by atoms with van der Waals surface area (Å²) >= 11 is 0. The van der Waals surface area contributed by atoms with E-state index in [1.54, 1.807) is 6.07 Å². The average molecular weight is 791 g/mol. The van der Waals surface area contributed by atoms with E-state index < -0.39 is 29.3 Å². The molecular weight excluding hydrogens is 725 g/mol. The molecule has 0 spiro atoms. The maximum Gasteiger partial charge on any atom is 0.337 e. The average Bonchev–Trinajstić information content (AvgIpc) is 3.21. The van der Waals surface area contributed by atoms with Crippen LogP contribution in [0.25, 0.3) is 43.1 Å². The molecule has 0 saturated carbocycles. The third-order valence-electron chi connectivity index (χ3n) is 12.1. The van der Waals surface area contributed by atoms with Crippen LogP contribution in [0, 0.1) is 0 Å². The Kier molecular flexibility index (Phi) is 16.7. The second kappa shape index (κ2) is 21.9. The molecule has 0 aliphatic carbocycles. The molecule has 0 saturated heterocycles. The third-order valence-corrected chi connectivity index (χ3v) is 12.1. The minimum Gasteiger partial charge on any atom is -0.478 e. The lowest BCUT2D eigenvalue weighted by Crippen LogP contribution is -2.40. The van der Waals surface area contributed by atoms with Crippen LogP contribution < -0.4 is 10.6 Å². The van der Waals surface area contributed by atoms with Crippen LogP contribution in [0.3, 0.4) is 0 Å². The smallest absolute Gasteiger partial charge is 0.337 e. The number of carbonyl (C=O) groups excluding carboxylic acids is 2. The number of carboxylic acid groups (broad SMARTS) is 2. The second-order valence-corrected chi connectivity index (χ2v) is 16.5. The van der Waals surface area contributed by atoms with Crippen molar-refractivity contribution in [2.75, 3.05) is 0 Å². The molecule has 2 amide bonds. The van der Waals surface area contributed by atoms with Gasteiger partial charge in [0.05, 0.1) is 22.3 Å². The summed E-state index contributed by atoms with van der Waals surface area (Å²) in [6.07, 6.45) is 19.6. The van der Waals surface area contributed by atoms with Gasteiger partial charge < -0.3 is 20.8 Å². The first-order chi connectivity index (χ1) is 28.2. The van der Waals surface area contributed by atoms with Gasteiger partial charge in [0.2, 0.25) is 0 Å². The molecule has 58 heavy (non-hydrogen) atoms. The van der Waals surface area contributed by atoms with Gasteiger partial charge in [-0.2, -0.15) is 0 Å². The van der Waals surface area contributed by atoms with Gasteiger partial charge in [-0.25, -0.2) is 9.59 Å². The first-order valence-electron chi connectivity index (χ1n) is 22.5. The largest absolute Gasteiger partial charge is 0.478 e. The van der Waals surface area contributed by atoms with Crippen molar-refractivity contribution in [3.63, 3.8) is 0 Å². The molecule has 4 N–H and O–H groups in total. The summed E-state index contributed by atoms with van der Waals surface area (Å²) in [6.45, 7) is 8.66. The molecule has 5 aromatic rings. The van der Waals surface area contributed by atoms with Crippen molar-refractivity contribution in [3.8, 4) is 0 Å². The molecule has 8 nitrogen and oxygen atoms in total. The number of fused-ring (bicyclic) bond motifs is 2. The third kappa shape index (κ3) is 10.3. The van der Waals surface area contributed by atoms with Crippen molar-refractivity contribution in [3.05, 3.63) is 70.8 Å². The highest BCUT2D eigenvalue weighted by Crippen LogP contribution is 2.45. The highest BCUT2D eigenvalue weighted by Gasteiger charge is 2.35. The Labute approximate surface area is 344 Å². The van der Waals surface area contributed by atoms with E-state index in [0.29, 0.717) is 21.5 Å². The van der Waals surface area contributed by atoms with E-state index in [0.717, 1.165) is 145 Å². The normalized spacial score (nSPS) is 11.8. The lowest BCUT2D eigenvalue weighted by atomic mass is 9.81. The van der Waals surface area contributed by atoms with Gasteiger partial charge in [-0.05, 0) is 64.1 Å². The molecule has 0 aliphatic heterocycles. The standard InChI is InChI=1S/C50H66N2O6/c1-5-9-13-17-25-34(26-18-14-10-6-2)51-47(53)44-42-38-30-22-24-33-23-21-29-36(40(33)38)37-31-32-39(49(55)56)43(41(37)42)46(50(57)58)45(44)48(54)52-35(27-19-15-11-7-3)28-20-16-12-8-4/h21-24,29-32,34-35H,5-20,25-28H2,1-4H3,(H,51,53)(H,52,54)(H,55,56)(H,57,58). The molecule has 0 fully saturated rings. The van der Waals surface area contributed by atoms with Crippen molar-refractivity contribution >= 4 is 66.8 Å². The maximum absolute atomic E-state index is 15.3. The number of carboxylic acids is 2. The Morgan fingerprint density at radius 2 is 0.897 bits per heavy atom. The first kappa shape index (κ1) is 44.4. The van der Waals surface area contributed by atoms with Crippen molar-refractivity contribution < 1.29 is 29.4 Å². The number of rotatable bonds is 26. The highest BCUT2D eigenvalue weighted by molar-refractivity contribution is 6.40. The van der Waals surface area contributed by atoms with Crippen LogP contribution in [0.4, 0.5) is 0 Å². The van der Waals surface area contributed by atoms with E-state index in [1.807, 2.05) is 36.4 Å². The Bertz CT molecular complexity index is 2140. The highest BCUT2D eigenvalue weighted by atomic mass is 16.4. The van der Waals surface area contributed by atoms with E-state index in [4.69, 9.17) is 0 Å². The molecule has 312 valence electrons. The van der Waals surface area contributed by atoms with Crippen LogP contribution >= 0.6 is 0 Å². The van der Waals surface area contributed by atoms with Crippen LogP contribution in [0.1, 0.15) is 198 Å². The molecule has 0 unspecified atom stereocenters. The number of hydrogen-bond donors (Lipinski definition) is 4. The molecule has 0 radical (unpaired) electrons. The van der Waals surface area contributed by atoms with Gasteiger partial charge in [-0.1, -0.05) is 173 Å². The zero-order valence-corrected chi connectivity index (χ0v) is 35.4. The Morgan fingerprint density at radius 3 is 1.34 bits per heavy atom. The molecule has 0 bridgehead atoms. The summed E-state index contributed by atoms with van der Waals surface area (Å²) in [5, 5.41) is 33.1. The van der Waals surface area contributed by atoms with Crippen LogP contribution in [0.5, 0.6) is 0 Å². The lowest BCUT2D eigenvalue weighted by Gasteiger charge is -2.26. The number of hydrogen-bond acceptors (Lipinski definition) is 4. The fourth-order valence-corrected chi connectivity index (χ4v) is 9.10. The van der Waals surface area contributed by atoms with E-state index in [-0.39, 0.29) is 34.2 Å². The Balaban J connectivity index is 1.81. The molecule has 0 heterocycles. The summed E-state index contributed by atoms with van der Waals surface area (Å²) in [5.74, 6) is -3.89. The Morgan fingerprint density at radius 1 is 0.448 bits per heavy atom.